The summed E-state index contributed by atoms with van der Waals surface area (Å²) >= 11 is 0. The molecule has 1 saturated heterocycles. The van der Waals surface area contributed by atoms with Crippen LogP contribution >= 0.6 is 0 Å². The molecular formula is C6H12O4. The number of hydrogen-bond acceptors (Lipinski definition) is 4. The first-order valence-electron chi connectivity index (χ1n) is 3.31. The first-order valence-corrected chi connectivity index (χ1v) is 3.31. The number of aliphatic hydroxyl groups excluding tert-OH is 3. The highest BCUT2D eigenvalue weighted by molar-refractivity contribution is 4.77. The van der Waals surface area contributed by atoms with Crippen molar-refractivity contribution >= 4 is 0 Å². The first-order chi connectivity index (χ1) is 4.61. The third kappa shape index (κ3) is 1.46. The van der Waals surface area contributed by atoms with Crippen LogP contribution in [-0.2, 0) is 4.74 Å². The first kappa shape index (κ1) is 7.94. The molecule has 10 heavy (non-hydrogen) atoms. The van der Waals surface area contributed by atoms with Crippen LogP contribution in [0.15, 0.2) is 0 Å². The van der Waals surface area contributed by atoms with Gasteiger partial charge in [-0.15, -0.1) is 0 Å². The third-order valence-electron chi connectivity index (χ3n) is 1.63. The van der Waals surface area contributed by atoms with Gasteiger partial charge >= 0.3 is 0 Å². The lowest BCUT2D eigenvalue weighted by Gasteiger charge is -2.32. The Bertz CT molecular complexity index is 104. The molecule has 0 radical (unpaired) electrons. The minimum Gasteiger partial charge on any atom is -0.390 e. The van der Waals surface area contributed by atoms with E-state index in [0.29, 0.717) is 6.42 Å². The average Bonchev–Trinajstić information content (AvgIpc) is 1.82. The van der Waals surface area contributed by atoms with Gasteiger partial charge in [-0.3, -0.25) is 0 Å². The van der Waals surface area contributed by atoms with E-state index in [-0.39, 0.29) is 6.10 Å². The Morgan fingerprint density at radius 1 is 1.30 bits per heavy atom. The van der Waals surface area contributed by atoms with Gasteiger partial charge in [-0.1, -0.05) is 0 Å². The van der Waals surface area contributed by atoms with Crippen molar-refractivity contribution in [1.82, 2.24) is 0 Å². The van der Waals surface area contributed by atoms with Crippen LogP contribution in [0, 0.1) is 0 Å². The molecule has 0 bridgehead atoms. The summed E-state index contributed by atoms with van der Waals surface area (Å²) in [4.78, 5) is 0. The molecule has 4 atom stereocenters. The lowest BCUT2D eigenvalue weighted by Crippen LogP contribution is -2.47. The summed E-state index contributed by atoms with van der Waals surface area (Å²) < 4.78 is 4.81. The van der Waals surface area contributed by atoms with Crippen molar-refractivity contribution in [2.24, 2.45) is 0 Å². The third-order valence-corrected chi connectivity index (χ3v) is 1.63. The van der Waals surface area contributed by atoms with E-state index in [1.54, 1.807) is 6.92 Å². The summed E-state index contributed by atoms with van der Waals surface area (Å²) in [6.07, 6.45) is -3.07. The highest BCUT2D eigenvalue weighted by Crippen LogP contribution is 2.17. The summed E-state index contributed by atoms with van der Waals surface area (Å²) in [6, 6.07) is 0. The molecule has 1 rings (SSSR count). The maximum Gasteiger partial charge on any atom is 0.183 e. The van der Waals surface area contributed by atoms with Gasteiger partial charge in [-0.2, -0.15) is 0 Å². The molecular weight excluding hydrogens is 136 g/mol. The summed E-state index contributed by atoms with van der Waals surface area (Å²) in [5, 5.41) is 26.9. The molecule has 0 aromatic carbocycles. The van der Waals surface area contributed by atoms with Crippen LogP contribution in [0.4, 0.5) is 0 Å². The van der Waals surface area contributed by atoms with Crippen LogP contribution in [0.3, 0.4) is 0 Å². The Labute approximate surface area is 59.1 Å². The van der Waals surface area contributed by atoms with E-state index in [2.05, 4.69) is 0 Å². The smallest absolute Gasteiger partial charge is 0.183 e. The van der Waals surface area contributed by atoms with Gasteiger partial charge in [0.2, 0.25) is 0 Å². The molecule has 4 heteroatoms. The zero-order valence-electron chi connectivity index (χ0n) is 5.77. The lowest BCUT2D eigenvalue weighted by atomic mass is 10.0. The largest absolute Gasteiger partial charge is 0.390 e. The van der Waals surface area contributed by atoms with Crippen LogP contribution < -0.4 is 0 Å². The van der Waals surface area contributed by atoms with Crippen LogP contribution in [0.2, 0.25) is 0 Å². The molecule has 0 aromatic heterocycles. The summed E-state index contributed by atoms with van der Waals surface area (Å²) in [6.45, 7) is 1.73. The monoisotopic (exact) mass is 148 g/mol. The highest BCUT2D eigenvalue weighted by Gasteiger charge is 2.33. The van der Waals surface area contributed by atoms with E-state index in [1.807, 2.05) is 0 Å². The summed E-state index contributed by atoms with van der Waals surface area (Å²) in [5.41, 5.74) is 0. The molecule has 1 heterocycles. The second-order valence-corrected chi connectivity index (χ2v) is 2.63. The Morgan fingerprint density at radius 3 is 2.40 bits per heavy atom. The second kappa shape index (κ2) is 2.84. The van der Waals surface area contributed by atoms with Gasteiger partial charge < -0.3 is 20.1 Å². The molecule has 1 aliphatic heterocycles. The fraction of sp³-hybridized carbons (Fsp3) is 1.00. The van der Waals surface area contributed by atoms with E-state index in [4.69, 9.17) is 20.1 Å². The fourth-order valence-electron chi connectivity index (χ4n) is 1.04. The van der Waals surface area contributed by atoms with E-state index < -0.39 is 18.5 Å². The van der Waals surface area contributed by atoms with Crippen LogP contribution in [-0.4, -0.2) is 39.9 Å². The molecule has 1 fully saturated rings. The van der Waals surface area contributed by atoms with Gasteiger partial charge in [0.1, 0.15) is 6.10 Å². The van der Waals surface area contributed by atoms with Crippen molar-refractivity contribution in [3.8, 4) is 0 Å². The summed E-state index contributed by atoms with van der Waals surface area (Å²) in [5.74, 6) is 0. The number of hydrogen-bond donors (Lipinski definition) is 3. The zero-order chi connectivity index (χ0) is 7.72. The molecule has 1 aliphatic rings. The predicted octanol–water partition coefficient (Wildman–Crippen LogP) is -1.16. The second-order valence-electron chi connectivity index (χ2n) is 2.63. The number of ether oxygens (including phenoxy) is 1. The van der Waals surface area contributed by atoms with Crippen molar-refractivity contribution < 1.29 is 20.1 Å². The van der Waals surface area contributed by atoms with Gasteiger partial charge in [-0.25, -0.2) is 0 Å². The normalized spacial score (nSPS) is 49.2. The topological polar surface area (TPSA) is 69.9 Å². The van der Waals surface area contributed by atoms with Crippen molar-refractivity contribution in [2.45, 2.75) is 37.9 Å². The van der Waals surface area contributed by atoms with Crippen molar-refractivity contribution in [1.29, 1.82) is 0 Å². The maximum atomic E-state index is 9.03. The fourth-order valence-corrected chi connectivity index (χ4v) is 1.04. The predicted molar refractivity (Wildman–Crippen MR) is 33.2 cm³/mol. The van der Waals surface area contributed by atoms with Crippen molar-refractivity contribution in [2.75, 3.05) is 0 Å². The highest BCUT2D eigenvalue weighted by atomic mass is 16.6. The molecule has 3 N–H and O–H groups in total. The van der Waals surface area contributed by atoms with Crippen molar-refractivity contribution in [3.63, 3.8) is 0 Å². The molecule has 0 spiro atoms. The van der Waals surface area contributed by atoms with Gasteiger partial charge in [-0.05, 0) is 6.92 Å². The Morgan fingerprint density at radius 2 is 1.90 bits per heavy atom. The van der Waals surface area contributed by atoms with Crippen molar-refractivity contribution in [3.05, 3.63) is 0 Å². The van der Waals surface area contributed by atoms with Gasteiger partial charge in [0.05, 0.1) is 12.2 Å². The van der Waals surface area contributed by atoms with Gasteiger partial charge in [0.15, 0.2) is 6.29 Å². The maximum absolute atomic E-state index is 9.03. The Kier molecular flexibility index (Phi) is 2.25. The van der Waals surface area contributed by atoms with E-state index in [1.165, 1.54) is 0 Å². The Hall–Kier alpha value is -0.160. The minimum atomic E-state index is -1.24. The zero-order valence-corrected chi connectivity index (χ0v) is 5.77. The standard InChI is InChI=1S/C6H12O4/c1-3-2-4(7)5(8)6(9)10-3/h3-9H,2H2,1H3/t3-,4+,5-,6-/m0/s1. The molecule has 0 aliphatic carbocycles. The van der Waals surface area contributed by atoms with Crippen LogP contribution in [0.5, 0.6) is 0 Å². The quantitative estimate of drug-likeness (QED) is 0.405. The SMILES string of the molecule is C[C@H]1C[C@@H](O)[C@H](O)[C@@H](O)O1. The molecule has 0 saturated carbocycles. The summed E-state index contributed by atoms with van der Waals surface area (Å²) in [7, 11) is 0. The molecule has 0 amide bonds. The molecule has 0 unspecified atom stereocenters. The van der Waals surface area contributed by atoms with E-state index >= 15 is 0 Å². The lowest BCUT2D eigenvalue weighted by molar-refractivity contribution is -0.242. The van der Waals surface area contributed by atoms with Crippen LogP contribution in [0.25, 0.3) is 0 Å². The Balaban J connectivity index is 2.49. The van der Waals surface area contributed by atoms with Crippen LogP contribution in [0.1, 0.15) is 13.3 Å². The molecule has 0 aromatic rings. The van der Waals surface area contributed by atoms with E-state index in [9.17, 15) is 0 Å². The van der Waals surface area contributed by atoms with E-state index in [0.717, 1.165) is 0 Å². The average molecular weight is 148 g/mol. The number of rotatable bonds is 0. The number of aliphatic hydroxyl groups is 3. The minimum absolute atomic E-state index is 0.187. The molecule has 60 valence electrons. The molecule has 4 nitrogen and oxygen atoms in total. The van der Waals surface area contributed by atoms with Gasteiger partial charge in [0.25, 0.3) is 0 Å². The van der Waals surface area contributed by atoms with Gasteiger partial charge in [0, 0.05) is 6.42 Å².